The molecule has 1 atom stereocenters. The summed E-state index contributed by atoms with van der Waals surface area (Å²) in [6, 6.07) is 15.1. The number of ether oxygens (including phenoxy) is 2. The minimum absolute atomic E-state index is 0.0833. The van der Waals surface area contributed by atoms with E-state index >= 15 is 0 Å². The van der Waals surface area contributed by atoms with Crippen LogP contribution in [0.15, 0.2) is 48.5 Å². The molecule has 5 heteroatoms. The Morgan fingerprint density at radius 2 is 1.60 bits per heavy atom. The van der Waals surface area contributed by atoms with Gasteiger partial charge >= 0.3 is 5.97 Å². The molecular formula is C20H21NO4. The van der Waals surface area contributed by atoms with E-state index in [9.17, 15) is 9.59 Å². The van der Waals surface area contributed by atoms with Gasteiger partial charge in [0.25, 0.3) is 0 Å². The minimum atomic E-state index is -0.803. The molecule has 0 heterocycles. The summed E-state index contributed by atoms with van der Waals surface area (Å²) < 4.78 is 10.1. The SMILES string of the molecule is CCOCC(=O)N[C@H](C(=O)OC)C1c2ccccc2-c2ccccc21. The van der Waals surface area contributed by atoms with Crippen LogP contribution in [0, 0.1) is 0 Å². The predicted molar refractivity (Wildman–Crippen MR) is 94.2 cm³/mol. The Morgan fingerprint density at radius 3 is 2.12 bits per heavy atom. The third-order valence-corrected chi connectivity index (χ3v) is 4.42. The summed E-state index contributed by atoms with van der Waals surface area (Å²) in [6.45, 7) is 2.17. The van der Waals surface area contributed by atoms with Crippen molar-refractivity contribution in [1.29, 1.82) is 0 Å². The summed E-state index contributed by atoms with van der Waals surface area (Å²) in [7, 11) is 1.33. The predicted octanol–water partition coefficient (Wildman–Crippen LogP) is 2.49. The number of benzene rings is 2. The van der Waals surface area contributed by atoms with Gasteiger partial charge in [0, 0.05) is 12.5 Å². The van der Waals surface area contributed by atoms with Gasteiger partial charge in [0.2, 0.25) is 5.91 Å². The second kappa shape index (κ2) is 7.49. The van der Waals surface area contributed by atoms with Crippen molar-refractivity contribution >= 4 is 11.9 Å². The molecule has 25 heavy (non-hydrogen) atoms. The highest BCUT2D eigenvalue weighted by atomic mass is 16.5. The molecular weight excluding hydrogens is 318 g/mol. The van der Waals surface area contributed by atoms with E-state index in [4.69, 9.17) is 9.47 Å². The van der Waals surface area contributed by atoms with Gasteiger partial charge in [-0.25, -0.2) is 4.79 Å². The number of methoxy groups -OCH3 is 1. The van der Waals surface area contributed by atoms with Crippen molar-refractivity contribution in [2.75, 3.05) is 20.3 Å². The number of carbonyl (C=O) groups is 2. The highest BCUT2D eigenvalue weighted by molar-refractivity contribution is 5.89. The van der Waals surface area contributed by atoms with Crippen LogP contribution in [0.2, 0.25) is 0 Å². The van der Waals surface area contributed by atoms with Crippen LogP contribution in [-0.4, -0.2) is 38.2 Å². The fourth-order valence-electron chi connectivity index (χ4n) is 3.37. The Kier molecular flexibility index (Phi) is 5.14. The zero-order chi connectivity index (χ0) is 17.8. The van der Waals surface area contributed by atoms with Crippen LogP contribution >= 0.6 is 0 Å². The fraction of sp³-hybridized carbons (Fsp3) is 0.300. The first kappa shape index (κ1) is 17.2. The standard InChI is InChI=1S/C20H21NO4/c1-3-25-12-17(22)21-19(20(23)24-2)18-15-10-6-4-8-13(15)14-9-5-7-11-16(14)18/h4-11,18-19H,3,12H2,1-2H3,(H,21,22)/t19-/m0/s1. The normalized spacial score (nSPS) is 13.7. The van der Waals surface area contributed by atoms with E-state index in [1.54, 1.807) is 0 Å². The van der Waals surface area contributed by atoms with Gasteiger partial charge in [0.05, 0.1) is 7.11 Å². The van der Waals surface area contributed by atoms with Crippen LogP contribution in [0.1, 0.15) is 24.0 Å². The molecule has 3 rings (SSSR count). The average Bonchev–Trinajstić information content (AvgIpc) is 2.98. The maximum Gasteiger partial charge on any atom is 0.329 e. The summed E-state index contributed by atoms with van der Waals surface area (Å²) in [6.07, 6.45) is 0. The zero-order valence-electron chi connectivity index (χ0n) is 14.3. The molecule has 0 bridgehead atoms. The molecule has 0 aromatic heterocycles. The lowest BCUT2D eigenvalue weighted by molar-refractivity contribution is -0.146. The number of carbonyl (C=O) groups excluding carboxylic acids is 2. The van der Waals surface area contributed by atoms with Crippen molar-refractivity contribution in [2.24, 2.45) is 0 Å². The molecule has 0 radical (unpaired) electrons. The maximum absolute atomic E-state index is 12.5. The number of rotatable bonds is 6. The Hall–Kier alpha value is -2.66. The molecule has 130 valence electrons. The van der Waals surface area contributed by atoms with E-state index in [1.165, 1.54) is 7.11 Å². The van der Waals surface area contributed by atoms with Gasteiger partial charge in [0.15, 0.2) is 0 Å². The molecule has 2 aromatic carbocycles. The van der Waals surface area contributed by atoms with Crippen LogP contribution in [0.3, 0.4) is 0 Å². The molecule has 2 aromatic rings. The second-order valence-corrected chi connectivity index (χ2v) is 5.86. The van der Waals surface area contributed by atoms with Crippen LogP contribution in [0.25, 0.3) is 11.1 Å². The topological polar surface area (TPSA) is 64.6 Å². The lowest BCUT2D eigenvalue weighted by Crippen LogP contribution is -2.46. The van der Waals surface area contributed by atoms with E-state index in [1.807, 2.05) is 55.5 Å². The van der Waals surface area contributed by atoms with E-state index in [0.29, 0.717) is 6.61 Å². The average molecular weight is 339 g/mol. The van der Waals surface area contributed by atoms with Crippen molar-refractivity contribution < 1.29 is 19.1 Å². The van der Waals surface area contributed by atoms with E-state index in [2.05, 4.69) is 5.32 Å². The van der Waals surface area contributed by atoms with Gasteiger partial charge in [0.1, 0.15) is 12.6 Å². The van der Waals surface area contributed by atoms with Crippen molar-refractivity contribution in [2.45, 2.75) is 18.9 Å². The highest BCUT2D eigenvalue weighted by Gasteiger charge is 2.39. The maximum atomic E-state index is 12.5. The smallest absolute Gasteiger partial charge is 0.329 e. The molecule has 0 fully saturated rings. The lowest BCUT2D eigenvalue weighted by atomic mass is 9.89. The minimum Gasteiger partial charge on any atom is -0.467 e. The van der Waals surface area contributed by atoms with Crippen molar-refractivity contribution in [3.05, 3.63) is 59.7 Å². The number of esters is 1. The summed E-state index contributed by atoms with van der Waals surface area (Å²) in [5, 5.41) is 2.79. The third-order valence-electron chi connectivity index (χ3n) is 4.42. The molecule has 0 unspecified atom stereocenters. The van der Waals surface area contributed by atoms with Crippen LogP contribution in [0.4, 0.5) is 0 Å². The Bertz CT molecular complexity index is 741. The molecule has 0 spiro atoms. The molecule has 0 aliphatic heterocycles. The van der Waals surface area contributed by atoms with Gasteiger partial charge in [-0.1, -0.05) is 48.5 Å². The Balaban J connectivity index is 2.00. The molecule has 1 aliphatic carbocycles. The lowest BCUT2D eigenvalue weighted by Gasteiger charge is -2.24. The molecule has 1 N–H and O–H groups in total. The van der Waals surface area contributed by atoms with Crippen molar-refractivity contribution in [3.63, 3.8) is 0 Å². The molecule has 0 saturated carbocycles. The monoisotopic (exact) mass is 339 g/mol. The number of hydrogen-bond donors (Lipinski definition) is 1. The Morgan fingerprint density at radius 1 is 1.04 bits per heavy atom. The van der Waals surface area contributed by atoms with Gasteiger partial charge in [-0.2, -0.15) is 0 Å². The quantitative estimate of drug-likeness (QED) is 0.821. The number of amides is 1. The largest absolute Gasteiger partial charge is 0.467 e. The Labute approximate surface area is 147 Å². The van der Waals surface area contributed by atoms with Gasteiger partial charge in [-0.3, -0.25) is 4.79 Å². The van der Waals surface area contributed by atoms with Gasteiger partial charge in [-0.15, -0.1) is 0 Å². The van der Waals surface area contributed by atoms with Gasteiger partial charge < -0.3 is 14.8 Å². The van der Waals surface area contributed by atoms with Gasteiger partial charge in [-0.05, 0) is 29.2 Å². The van der Waals surface area contributed by atoms with E-state index < -0.39 is 12.0 Å². The summed E-state index contributed by atoms with van der Waals surface area (Å²) in [5.74, 6) is -1.09. The molecule has 1 aliphatic rings. The van der Waals surface area contributed by atoms with Crippen LogP contribution in [0.5, 0.6) is 0 Å². The first-order valence-electron chi connectivity index (χ1n) is 8.30. The molecule has 0 saturated heterocycles. The highest BCUT2D eigenvalue weighted by Crippen LogP contribution is 2.46. The third kappa shape index (κ3) is 3.28. The summed E-state index contributed by atoms with van der Waals surface area (Å²) >= 11 is 0. The van der Waals surface area contributed by atoms with Crippen molar-refractivity contribution in [1.82, 2.24) is 5.32 Å². The number of hydrogen-bond acceptors (Lipinski definition) is 4. The molecule has 5 nitrogen and oxygen atoms in total. The second-order valence-electron chi connectivity index (χ2n) is 5.86. The van der Waals surface area contributed by atoms with E-state index in [0.717, 1.165) is 22.3 Å². The van der Waals surface area contributed by atoms with Crippen molar-refractivity contribution in [3.8, 4) is 11.1 Å². The first-order valence-corrected chi connectivity index (χ1v) is 8.30. The molecule has 1 amide bonds. The first-order chi connectivity index (χ1) is 12.2. The zero-order valence-corrected chi connectivity index (χ0v) is 14.3. The van der Waals surface area contributed by atoms with Crippen LogP contribution < -0.4 is 5.32 Å². The number of nitrogens with one attached hydrogen (secondary N) is 1. The van der Waals surface area contributed by atoms with E-state index in [-0.39, 0.29) is 18.4 Å². The van der Waals surface area contributed by atoms with Crippen LogP contribution in [-0.2, 0) is 19.1 Å². The number of fused-ring (bicyclic) bond motifs is 3. The fourth-order valence-corrected chi connectivity index (χ4v) is 3.37. The summed E-state index contributed by atoms with van der Waals surface area (Å²) in [5.41, 5.74) is 4.18. The summed E-state index contributed by atoms with van der Waals surface area (Å²) in [4.78, 5) is 24.6.